The molecule has 9 heteroatoms. The normalized spacial score (nSPS) is 12.0. The molecule has 1 amide bonds. The van der Waals surface area contributed by atoms with Crippen LogP contribution in [0.4, 0.5) is 5.69 Å². The summed E-state index contributed by atoms with van der Waals surface area (Å²) in [6, 6.07) is 31.0. The zero-order valence-electron chi connectivity index (χ0n) is 23.5. The Hall–Kier alpha value is -5.31. The highest BCUT2D eigenvalue weighted by molar-refractivity contribution is 5.95. The molecule has 4 rings (SSSR count). The standard InChI is InChI=1S/C33H34N4O5/c1-22(38)41-21-30(39)37-31(24-11-7-4-8-12-24)32(36-27-16-13-25(14-17-27)33(34)35)26-15-18-28(29(19-26)40-2)42-20-23-9-5-3-6-10-23/h3-19,31-32,36H,20-21H2,1-2H3,(H3,34,35)(H,37,39)/t31-,32-/m1/s1. The Morgan fingerprint density at radius 2 is 1.50 bits per heavy atom. The molecular weight excluding hydrogens is 532 g/mol. The molecule has 0 aliphatic carbocycles. The van der Waals surface area contributed by atoms with Gasteiger partial charge in [0, 0.05) is 18.2 Å². The quantitative estimate of drug-likeness (QED) is 0.100. The maximum absolute atomic E-state index is 12.9. The number of nitrogens with two attached hydrogens (primary N) is 1. The molecule has 0 spiro atoms. The van der Waals surface area contributed by atoms with Crippen LogP contribution in [0.15, 0.2) is 103 Å². The number of hydrogen-bond acceptors (Lipinski definition) is 7. The summed E-state index contributed by atoms with van der Waals surface area (Å²) in [7, 11) is 1.58. The Bertz CT molecular complexity index is 1490. The number of rotatable bonds is 13. The molecule has 2 atom stereocenters. The predicted molar refractivity (Wildman–Crippen MR) is 162 cm³/mol. The molecule has 42 heavy (non-hydrogen) atoms. The molecule has 0 heterocycles. The first kappa shape index (κ1) is 29.7. The molecule has 9 nitrogen and oxygen atoms in total. The van der Waals surface area contributed by atoms with E-state index >= 15 is 0 Å². The van der Waals surface area contributed by atoms with Crippen LogP contribution in [0.3, 0.4) is 0 Å². The minimum Gasteiger partial charge on any atom is -0.493 e. The summed E-state index contributed by atoms with van der Waals surface area (Å²) in [5.41, 5.74) is 9.63. The molecular formula is C33H34N4O5. The van der Waals surface area contributed by atoms with E-state index in [1.807, 2.05) is 91.0 Å². The lowest BCUT2D eigenvalue weighted by atomic mass is 9.92. The topological polar surface area (TPSA) is 136 Å². The average Bonchev–Trinajstić information content (AvgIpc) is 3.01. The molecule has 0 radical (unpaired) electrons. The second-order valence-electron chi connectivity index (χ2n) is 9.53. The summed E-state index contributed by atoms with van der Waals surface area (Å²) in [5, 5.41) is 14.3. The third kappa shape index (κ3) is 8.11. The summed E-state index contributed by atoms with van der Waals surface area (Å²) in [5.74, 6) is 0.0730. The molecule has 0 saturated carbocycles. The van der Waals surface area contributed by atoms with Crippen LogP contribution >= 0.6 is 0 Å². The molecule has 0 fully saturated rings. The van der Waals surface area contributed by atoms with Crippen molar-refractivity contribution >= 4 is 23.4 Å². The van der Waals surface area contributed by atoms with Gasteiger partial charge in [0.1, 0.15) is 12.4 Å². The first-order chi connectivity index (χ1) is 20.3. The fraction of sp³-hybridized carbons (Fsp3) is 0.182. The van der Waals surface area contributed by atoms with Crippen molar-refractivity contribution in [3.8, 4) is 11.5 Å². The highest BCUT2D eigenvalue weighted by Crippen LogP contribution is 2.37. The molecule has 0 aliphatic heterocycles. The van der Waals surface area contributed by atoms with E-state index in [9.17, 15) is 9.59 Å². The van der Waals surface area contributed by atoms with Crippen LogP contribution in [-0.2, 0) is 20.9 Å². The van der Waals surface area contributed by atoms with E-state index in [0.29, 0.717) is 23.7 Å². The van der Waals surface area contributed by atoms with Crippen LogP contribution in [0, 0.1) is 5.41 Å². The van der Waals surface area contributed by atoms with E-state index in [1.54, 1.807) is 19.2 Å². The van der Waals surface area contributed by atoms with Crippen molar-refractivity contribution in [2.45, 2.75) is 25.6 Å². The summed E-state index contributed by atoms with van der Waals surface area (Å²) in [6.07, 6.45) is 0. The van der Waals surface area contributed by atoms with Crippen LogP contribution in [0.1, 0.15) is 41.3 Å². The van der Waals surface area contributed by atoms with Gasteiger partial charge in [-0.2, -0.15) is 0 Å². The number of nitrogens with one attached hydrogen (secondary N) is 3. The van der Waals surface area contributed by atoms with E-state index in [-0.39, 0.29) is 5.84 Å². The third-order valence-electron chi connectivity index (χ3n) is 6.52. The number of amides is 1. The van der Waals surface area contributed by atoms with Crippen molar-refractivity contribution in [2.75, 3.05) is 19.0 Å². The number of hydrogen-bond donors (Lipinski definition) is 4. The first-order valence-electron chi connectivity index (χ1n) is 13.4. The Balaban J connectivity index is 1.71. The smallest absolute Gasteiger partial charge is 0.303 e. The van der Waals surface area contributed by atoms with E-state index in [0.717, 1.165) is 22.4 Å². The zero-order chi connectivity index (χ0) is 29.9. The fourth-order valence-corrected chi connectivity index (χ4v) is 4.42. The number of methoxy groups -OCH3 is 1. The number of nitrogen functional groups attached to an aromatic ring is 1. The Morgan fingerprint density at radius 3 is 2.12 bits per heavy atom. The van der Waals surface area contributed by atoms with E-state index in [4.69, 9.17) is 25.4 Å². The predicted octanol–water partition coefficient (Wildman–Crippen LogP) is 5.13. The van der Waals surface area contributed by atoms with E-state index in [2.05, 4.69) is 10.6 Å². The van der Waals surface area contributed by atoms with E-state index < -0.39 is 30.6 Å². The summed E-state index contributed by atoms with van der Waals surface area (Å²) >= 11 is 0. The van der Waals surface area contributed by atoms with E-state index in [1.165, 1.54) is 6.92 Å². The van der Waals surface area contributed by atoms with Gasteiger partial charge in [0.15, 0.2) is 18.1 Å². The number of anilines is 1. The number of amidine groups is 1. The minimum absolute atomic E-state index is 0.0335. The van der Waals surface area contributed by atoms with Crippen molar-refractivity contribution < 1.29 is 23.8 Å². The van der Waals surface area contributed by atoms with Gasteiger partial charge in [-0.05, 0) is 53.1 Å². The van der Waals surface area contributed by atoms with Gasteiger partial charge in [0.25, 0.3) is 5.91 Å². The van der Waals surface area contributed by atoms with Crippen LogP contribution < -0.4 is 25.8 Å². The monoisotopic (exact) mass is 566 g/mol. The zero-order valence-corrected chi connectivity index (χ0v) is 23.5. The maximum Gasteiger partial charge on any atom is 0.303 e. The average molecular weight is 567 g/mol. The largest absolute Gasteiger partial charge is 0.493 e. The highest BCUT2D eigenvalue weighted by atomic mass is 16.5. The Kier molecular flexibility index (Phi) is 10.1. The van der Waals surface area contributed by atoms with Crippen molar-refractivity contribution in [3.63, 3.8) is 0 Å². The molecule has 216 valence electrons. The molecule has 0 unspecified atom stereocenters. The van der Waals surface area contributed by atoms with Gasteiger partial charge in [-0.25, -0.2) is 0 Å². The fourth-order valence-electron chi connectivity index (χ4n) is 4.42. The van der Waals surface area contributed by atoms with Crippen LogP contribution in [-0.4, -0.2) is 31.4 Å². The number of benzene rings is 4. The maximum atomic E-state index is 12.9. The van der Waals surface area contributed by atoms with Crippen molar-refractivity contribution in [3.05, 3.63) is 125 Å². The Labute approximate surface area is 245 Å². The van der Waals surface area contributed by atoms with Crippen LogP contribution in [0.5, 0.6) is 11.5 Å². The molecule has 4 aromatic rings. The lowest BCUT2D eigenvalue weighted by Crippen LogP contribution is -2.37. The molecule has 4 aromatic carbocycles. The van der Waals surface area contributed by atoms with Crippen LogP contribution in [0.25, 0.3) is 0 Å². The van der Waals surface area contributed by atoms with Crippen molar-refractivity contribution in [1.29, 1.82) is 5.41 Å². The summed E-state index contributed by atoms with van der Waals surface area (Å²) in [6.45, 7) is 1.22. The number of esters is 1. The lowest BCUT2D eigenvalue weighted by Gasteiger charge is -2.31. The molecule has 0 bridgehead atoms. The lowest BCUT2D eigenvalue weighted by molar-refractivity contribution is -0.146. The van der Waals surface area contributed by atoms with Crippen molar-refractivity contribution in [1.82, 2.24) is 5.32 Å². The highest BCUT2D eigenvalue weighted by Gasteiger charge is 2.28. The van der Waals surface area contributed by atoms with Gasteiger partial charge in [-0.15, -0.1) is 0 Å². The second kappa shape index (κ2) is 14.4. The van der Waals surface area contributed by atoms with Gasteiger partial charge in [0.2, 0.25) is 0 Å². The molecule has 5 N–H and O–H groups in total. The van der Waals surface area contributed by atoms with Gasteiger partial charge >= 0.3 is 5.97 Å². The summed E-state index contributed by atoms with van der Waals surface area (Å²) in [4.78, 5) is 24.3. The number of ether oxygens (including phenoxy) is 3. The molecule has 0 saturated heterocycles. The Morgan fingerprint density at radius 1 is 0.833 bits per heavy atom. The first-order valence-corrected chi connectivity index (χ1v) is 13.4. The molecule has 0 aromatic heterocycles. The van der Waals surface area contributed by atoms with Gasteiger partial charge < -0.3 is 30.6 Å². The van der Waals surface area contributed by atoms with Crippen LogP contribution in [0.2, 0.25) is 0 Å². The third-order valence-corrected chi connectivity index (χ3v) is 6.52. The number of carbonyl (C=O) groups is 2. The minimum atomic E-state index is -0.581. The molecule has 0 aliphatic rings. The SMILES string of the molecule is COc1cc([C@@H](Nc2ccc(C(=N)N)cc2)[C@H](NC(=O)COC(C)=O)c2ccccc2)ccc1OCc1ccccc1. The van der Waals surface area contributed by atoms with Gasteiger partial charge in [0.05, 0.1) is 19.2 Å². The van der Waals surface area contributed by atoms with Gasteiger partial charge in [-0.3, -0.25) is 15.0 Å². The van der Waals surface area contributed by atoms with Crippen molar-refractivity contribution in [2.24, 2.45) is 5.73 Å². The summed E-state index contributed by atoms with van der Waals surface area (Å²) < 4.78 is 16.7. The van der Waals surface area contributed by atoms with Gasteiger partial charge in [-0.1, -0.05) is 66.7 Å². The number of carbonyl (C=O) groups excluding carboxylic acids is 2. The second-order valence-corrected chi connectivity index (χ2v) is 9.53.